The summed E-state index contributed by atoms with van der Waals surface area (Å²) in [6.45, 7) is 2.77. The molecule has 0 amide bonds. The van der Waals surface area contributed by atoms with E-state index in [1.807, 2.05) is 18.2 Å². The topological polar surface area (TPSA) is 70.6 Å². The maximum absolute atomic E-state index is 9.01. The van der Waals surface area contributed by atoms with Crippen LogP contribution >= 0.6 is 0 Å². The van der Waals surface area contributed by atoms with Gasteiger partial charge in [-0.3, -0.25) is 4.99 Å². The fraction of sp³-hybridized carbons (Fsp3) is 0.417. The third kappa shape index (κ3) is 5.36. The molecule has 4 N–H and O–H groups in total. The molecule has 0 saturated carbocycles. The van der Waals surface area contributed by atoms with Gasteiger partial charge < -0.3 is 16.2 Å². The largest absolute Gasteiger partial charge is 0.391 e. The Hall–Kier alpha value is -1.55. The first-order valence-electron chi connectivity index (χ1n) is 5.44. The maximum Gasteiger partial charge on any atom is 0.188 e. The summed E-state index contributed by atoms with van der Waals surface area (Å²) in [4.78, 5) is 3.99. The maximum atomic E-state index is 9.01. The average molecular weight is 221 g/mol. The van der Waals surface area contributed by atoms with Crippen molar-refractivity contribution >= 4 is 5.96 Å². The third-order valence-corrected chi connectivity index (χ3v) is 2.09. The standard InChI is InChI=1S/C12H19N3O/c1-10(16)9-15-12(13)14-8-7-11-5-3-2-4-6-11/h2-6,10,16H,7-9H2,1H3,(H3,13,14,15). The summed E-state index contributed by atoms with van der Waals surface area (Å²) in [6.07, 6.45) is 0.459. The van der Waals surface area contributed by atoms with Gasteiger partial charge in [0.25, 0.3) is 0 Å². The number of hydrogen-bond donors (Lipinski definition) is 3. The van der Waals surface area contributed by atoms with Gasteiger partial charge in [-0.15, -0.1) is 0 Å². The van der Waals surface area contributed by atoms with Crippen LogP contribution in [0.25, 0.3) is 0 Å². The Morgan fingerprint density at radius 3 is 2.75 bits per heavy atom. The molecular weight excluding hydrogens is 202 g/mol. The summed E-state index contributed by atoms with van der Waals surface area (Å²) >= 11 is 0. The van der Waals surface area contributed by atoms with Crippen molar-refractivity contribution in [2.45, 2.75) is 19.4 Å². The van der Waals surface area contributed by atoms with Crippen LogP contribution in [0.5, 0.6) is 0 Å². The fourth-order valence-corrected chi connectivity index (χ4v) is 1.27. The number of hydrogen-bond acceptors (Lipinski definition) is 2. The summed E-state index contributed by atoms with van der Waals surface area (Å²) in [5, 5.41) is 12.0. The molecule has 0 aromatic heterocycles. The molecule has 0 spiro atoms. The van der Waals surface area contributed by atoms with E-state index in [0.717, 1.165) is 13.0 Å². The second-order valence-corrected chi connectivity index (χ2v) is 3.74. The van der Waals surface area contributed by atoms with E-state index in [-0.39, 0.29) is 0 Å². The van der Waals surface area contributed by atoms with Gasteiger partial charge in [-0.2, -0.15) is 0 Å². The van der Waals surface area contributed by atoms with E-state index in [1.54, 1.807) is 6.92 Å². The molecule has 1 atom stereocenters. The van der Waals surface area contributed by atoms with Crippen LogP contribution in [0.2, 0.25) is 0 Å². The summed E-state index contributed by atoms with van der Waals surface area (Å²) in [6, 6.07) is 10.2. The molecule has 0 aliphatic carbocycles. The number of aliphatic imine (C=N–C) groups is 1. The third-order valence-electron chi connectivity index (χ3n) is 2.09. The molecule has 1 unspecified atom stereocenters. The molecule has 0 fully saturated rings. The van der Waals surface area contributed by atoms with Gasteiger partial charge in [0, 0.05) is 6.54 Å². The van der Waals surface area contributed by atoms with Gasteiger partial charge in [-0.25, -0.2) is 0 Å². The Labute approximate surface area is 96.2 Å². The van der Waals surface area contributed by atoms with Crippen molar-refractivity contribution in [3.8, 4) is 0 Å². The Morgan fingerprint density at radius 1 is 1.44 bits per heavy atom. The minimum Gasteiger partial charge on any atom is -0.391 e. The van der Waals surface area contributed by atoms with Crippen molar-refractivity contribution in [1.82, 2.24) is 5.32 Å². The lowest BCUT2D eigenvalue weighted by molar-refractivity contribution is 0.204. The Bertz CT molecular complexity index is 322. The van der Waals surface area contributed by atoms with Crippen molar-refractivity contribution in [3.63, 3.8) is 0 Å². The van der Waals surface area contributed by atoms with E-state index in [2.05, 4.69) is 22.4 Å². The van der Waals surface area contributed by atoms with E-state index in [0.29, 0.717) is 12.5 Å². The zero-order chi connectivity index (χ0) is 11.8. The lowest BCUT2D eigenvalue weighted by atomic mass is 10.1. The highest BCUT2D eigenvalue weighted by molar-refractivity contribution is 5.77. The second-order valence-electron chi connectivity index (χ2n) is 3.74. The Morgan fingerprint density at radius 2 is 2.12 bits per heavy atom. The molecule has 1 aromatic rings. The van der Waals surface area contributed by atoms with E-state index in [4.69, 9.17) is 10.8 Å². The van der Waals surface area contributed by atoms with Crippen LogP contribution in [-0.2, 0) is 6.42 Å². The molecule has 1 rings (SSSR count). The first-order valence-corrected chi connectivity index (χ1v) is 5.44. The van der Waals surface area contributed by atoms with Crippen molar-refractivity contribution < 1.29 is 5.11 Å². The molecular formula is C12H19N3O. The number of aliphatic hydroxyl groups excluding tert-OH is 1. The van der Waals surface area contributed by atoms with Crippen LogP contribution in [0.4, 0.5) is 0 Å². The van der Waals surface area contributed by atoms with E-state index < -0.39 is 6.10 Å². The number of benzene rings is 1. The normalized spacial score (nSPS) is 13.5. The van der Waals surface area contributed by atoms with Gasteiger partial charge in [-0.05, 0) is 18.9 Å². The van der Waals surface area contributed by atoms with Crippen LogP contribution in [0.3, 0.4) is 0 Å². The van der Waals surface area contributed by atoms with E-state index >= 15 is 0 Å². The van der Waals surface area contributed by atoms with Gasteiger partial charge in [0.05, 0.1) is 12.6 Å². The fourth-order valence-electron chi connectivity index (χ4n) is 1.27. The molecule has 4 heteroatoms. The quantitative estimate of drug-likeness (QED) is 0.501. The van der Waals surface area contributed by atoms with Crippen molar-refractivity contribution in [2.75, 3.05) is 13.1 Å². The van der Waals surface area contributed by atoms with Gasteiger partial charge in [0.1, 0.15) is 0 Å². The summed E-state index contributed by atoms with van der Waals surface area (Å²) in [5.74, 6) is 0.386. The highest BCUT2D eigenvalue weighted by Gasteiger charge is 1.95. The molecule has 0 bridgehead atoms. The zero-order valence-electron chi connectivity index (χ0n) is 9.56. The van der Waals surface area contributed by atoms with Gasteiger partial charge in [0.2, 0.25) is 0 Å². The van der Waals surface area contributed by atoms with Crippen LogP contribution in [0, 0.1) is 0 Å². The van der Waals surface area contributed by atoms with Crippen LogP contribution in [-0.4, -0.2) is 30.3 Å². The first-order chi connectivity index (χ1) is 7.68. The lowest BCUT2D eigenvalue weighted by Crippen LogP contribution is -2.33. The first kappa shape index (κ1) is 12.5. The predicted molar refractivity (Wildman–Crippen MR) is 66.3 cm³/mol. The molecule has 0 heterocycles. The number of aliphatic hydroxyl groups is 1. The minimum atomic E-state index is -0.450. The van der Waals surface area contributed by atoms with Crippen LogP contribution in [0.1, 0.15) is 12.5 Å². The van der Waals surface area contributed by atoms with Crippen LogP contribution < -0.4 is 11.1 Å². The van der Waals surface area contributed by atoms with E-state index in [9.17, 15) is 0 Å². The predicted octanol–water partition coefficient (Wildman–Crippen LogP) is 0.514. The number of rotatable bonds is 5. The SMILES string of the molecule is CC(O)CN=C(N)NCCc1ccccc1. The molecule has 1 aromatic carbocycles. The summed E-state index contributed by atoms with van der Waals surface area (Å²) in [7, 11) is 0. The number of nitrogens with one attached hydrogen (secondary N) is 1. The highest BCUT2D eigenvalue weighted by atomic mass is 16.3. The van der Waals surface area contributed by atoms with Gasteiger partial charge in [0.15, 0.2) is 5.96 Å². The molecule has 4 nitrogen and oxygen atoms in total. The highest BCUT2D eigenvalue weighted by Crippen LogP contribution is 1.97. The molecule has 0 saturated heterocycles. The van der Waals surface area contributed by atoms with Crippen molar-refractivity contribution in [2.24, 2.45) is 10.7 Å². The number of nitrogens with two attached hydrogens (primary N) is 1. The molecule has 0 aliphatic heterocycles. The molecule has 0 radical (unpaired) electrons. The average Bonchev–Trinajstić information content (AvgIpc) is 2.28. The summed E-state index contributed by atoms with van der Waals surface area (Å²) < 4.78 is 0. The molecule has 88 valence electrons. The van der Waals surface area contributed by atoms with Gasteiger partial charge in [-0.1, -0.05) is 30.3 Å². The van der Waals surface area contributed by atoms with Gasteiger partial charge >= 0.3 is 0 Å². The Kier molecular flexibility index (Phi) is 5.36. The van der Waals surface area contributed by atoms with Crippen LogP contribution in [0.15, 0.2) is 35.3 Å². The summed E-state index contributed by atoms with van der Waals surface area (Å²) in [5.41, 5.74) is 6.88. The Balaban J connectivity index is 2.23. The molecule has 0 aliphatic rings. The monoisotopic (exact) mass is 221 g/mol. The lowest BCUT2D eigenvalue weighted by Gasteiger charge is -2.06. The minimum absolute atomic E-state index is 0.337. The second kappa shape index (κ2) is 6.85. The van der Waals surface area contributed by atoms with Crippen molar-refractivity contribution in [1.29, 1.82) is 0 Å². The number of nitrogens with zero attached hydrogens (tertiary/aromatic N) is 1. The van der Waals surface area contributed by atoms with E-state index in [1.165, 1.54) is 5.56 Å². The smallest absolute Gasteiger partial charge is 0.188 e. The number of guanidine groups is 1. The zero-order valence-corrected chi connectivity index (χ0v) is 9.56. The van der Waals surface area contributed by atoms with Crippen molar-refractivity contribution in [3.05, 3.63) is 35.9 Å². The molecule has 16 heavy (non-hydrogen) atoms.